The van der Waals surface area contributed by atoms with Gasteiger partial charge in [0.15, 0.2) is 0 Å². The smallest absolute Gasteiger partial charge is 0.252 e. The van der Waals surface area contributed by atoms with Crippen molar-refractivity contribution in [1.29, 1.82) is 0 Å². The van der Waals surface area contributed by atoms with Crippen molar-refractivity contribution >= 4 is 62.3 Å². The van der Waals surface area contributed by atoms with E-state index in [0.717, 1.165) is 51.4 Å². The second-order valence-corrected chi connectivity index (χ2v) is 15.8. The van der Waals surface area contributed by atoms with E-state index in [1.807, 2.05) is 17.0 Å². The van der Waals surface area contributed by atoms with Crippen LogP contribution in [0.15, 0.2) is 114 Å². The van der Waals surface area contributed by atoms with Crippen molar-refractivity contribution in [3.05, 3.63) is 115 Å². The maximum absolute atomic E-state index is 15.7. The number of nitrogens with zero attached hydrogens (tertiary/aromatic N) is 1. The van der Waals surface area contributed by atoms with Crippen LogP contribution in [0.1, 0.15) is 59.9 Å². The number of hydrogen-bond acceptors (Lipinski definition) is 2. The van der Waals surface area contributed by atoms with Gasteiger partial charge >= 0.3 is 0 Å². The highest BCUT2D eigenvalue weighted by Gasteiger charge is 2.55. The third-order valence-electron chi connectivity index (χ3n) is 9.84. The highest BCUT2D eigenvalue weighted by atomic mass is 16.4. The molecule has 2 aliphatic rings. The summed E-state index contributed by atoms with van der Waals surface area (Å²) in [6, 6.07) is 38.8. The summed E-state index contributed by atoms with van der Waals surface area (Å²) < 4.78 is 6.86. The summed E-state index contributed by atoms with van der Waals surface area (Å²) >= 11 is 0. The molecule has 0 saturated carbocycles. The topological polar surface area (TPSA) is 33.5 Å². The Morgan fingerprint density at radius 2 is 1.37 bits per heavy atom. The number of fused-ring (bicyclic) bond motifs is 4. The first-order valence-electron chi connectivity index (χ1n) is 16.5. The van der Waals surface area contributed by atoms with Crippen molar-refractivity contribution in [3.8, 4) is 11.1 Å². The van der Waals surface area contributed by atoms with Gasteiger partial charge in [-0.15, -0.1) is 0 Å². The average Bonchev–Trinajstić information content (AvgIpc) is 3.40. The molecule has 0 N–H and O–H groups in total. The second kappa shape index (κ2) is 9.97. The van der Waals surface area contributed by atoms with Gasteiger partial charge in [0.1, 0.15) is 5.58 Å². The van der Waals surface area contributed by atoms with Crippen molar-refractivity contribution in [2.24, 2.45) is 10.8 Å². The average molecular weight is 602 g/mol. The Balaban J connectivity index is 1.52. The van der Waals surface area contributed by atoms with Crippen molar-refractivity contribution in [3.63, 3.8) is 0 Å². The van der Waals surface area contributed by atoms with Crippen LogP contribution in [0.25, 0.3) is 32.9 Å². The molecule has 0 radical (unpaired) electrons. The zero-order valence-electron chi connectivity index (χ0n) is 27.6. The van der Waals surface area contributed by atoms with Gasteiger partial charge in [0.05, 0.1) is 11.1 Å². The number of rotatable bonds is 4. The molecule has 0 bridgehead atoms. The molecule has 1 aromatic heterocycles. The molecule has 0 unspecified atom stereocenters. The van der Waals surface area contributed by atoms with E-state index in [9.17, 15) is 0 Å². The minimum Gasteiger partial charge on any atom is -0.440 e. The number of furan rings is 1. The van der Waals surface area contributed by atoms with Crippen LogP contribution >= 0.6 is 0 Å². The molecule has 2 aliphatic heterocycles. The molecule has 5 aromatic carbocycles. The quantitative estimate of drug-likeness (QED) is 0.189. The largest absolute Gasteiger partial charge is 0.440 e. The molecule has 0 fully saturated rings. The van der Waals surface area contributed by atoms with E-state index in [0.29, 0.717) is 5.88 Å². The summed E-state index contributed by atoms with van der Waals surface area (Å²) in [5.74, 6) is 0.792. The first-order valence-corrected chi connectivity index (χ1v) is 16.5. The summed E-state index contributed by atoms with van der Waals surface area (Å²) in [5.41, 5.74) is 7.86. The maximum Gasteiger partial charge on any atom is 0.252 e. The van der Waals surface area contributed by atoms with Crippen LogP contribution in [0.5, 0.6) is 0 Å². The van der Waals surface area contributed by atoms with Gasteiger partial charge in [-0.2, -0.15) is 0 Å². The Morgan fingerprint density at radius 3 is 2.11 bits per heavy atom. The predicted molar refractivity (Wildman–Crippen MR) is 194 cm³/mol. The fourth-order valence-electron chi connectivity index (χ4n) is 8.69. The molecule has 1 amide bonds. The van der Waals surface area contributed by atoms with Crippen molar-refractivity contribution < 1.29 is 9.21 Å². The number of hydrogen-bond donors (Lipinski definition) is 0. The number of carbonyl (C=O) groups is 1. The maximum atomic E-state index is 15.7. The fourth-order valence-corrected chi connectivity index (χ4v) is 8.69. The molecule has 46 heavy (non-hydrogen) atoms. The first kappa shape index (κ1) is 28.9. The number of amides is 1. The van der Waals surface area contributed by atoms with Gasteiger partial charge in [-0.1, -0.05) is 150 Å². The molecular formula is C42H40BNO2. The third kappa shape index (κ3) is 4.30. The van der Waals surface area contributed by atoms with E-state index in [4.69, 9.17) is 4.42 Å². The van der Waals surface area contributed by atoms with E-state index >= 15 is 4.79 Å². The molecule has 0 spiro atoms. The molecule has 228 valence electrons. The Bertz CT molecular complexity index is 2150. The van der Waals surface area contributed by atoms with Crippen LogP contribution in [-0.2, 0) is 10.2 Å². The molecule has 0 aliphatic carbocycles. The van der Waals surface area contributed by atoms with Crippen LogP contribution in [0.3, 0.4) is 0 Å². The van der Waals surface area contributed by atoms with E-state index in [-0.39, 0.29) is 23.4 Å². The SMILES string of the molecule is CC(C)(C)CC1(CC(C)(C)C)C(=O)N2c3oc4ccccc4c3B(c3ccccc3-c3ccccc3)c3ccc4cccc1c4c32. The second-order valence-electron chi connectivity index (χ2n) is 15.8. The van der Waals surface area contributed by atoms with Gasteiger partial charge in [-0.3, -0.25) is 9.69 Å². The lowest BCUT2D eigenvalue weighted by atomic mass is 9.34. The normalized spacial score (nSPS) is 15.5. The molecule has 6 aromatic rings. The lowest BCUT2D eigenvalue weighted by molar-refractivity contribution is -0.126. The summed E-state index contributed by atoms with van der Waals surface area (Å²) in [4.78, 5) is 17.7. The highest BCUT2D eigenvalue weighted by molar-refractivity contribution is 7.00. The Kier molecular flexibility index (Phi) is 6.26. The fraction of sp³-hybridized carbons (Fsp3) is 0.262. The van der Waals surface area contributed by atoms with Crippen LogP contribution in [0.2, 0.25) is 0 Å². The standard InChI is InChI=1S/C42H40BNO2/c1-40(2,3)25-42(26-41(4,5)6)31-20-14-17-28-23-24-33-37(35(28)31)44(39(42)45)38-36(30-19-11-13-22-34(30)46-38)43(33)32-21-12-10-18-29(32)27-15-8-7-9-16-27/h7-24H,25-26H2,1-6H3. The van der Waals surface area contributed by atoms with Crippen molar-refractivity contribution in [1.82, 2.24) is 0 Å². The van der Waals surface area contributed by atoms with Crippen LogP contribution < -0.4 is 21.3 Å². The van der Waals surface area contributed by atoms with E-state index in [2.05, 4.69) is 139 Å². The van der Waals surface area contributed by atoms with Crippen molar-refractivity contribution in [2.45, 2.75) is 59.8 Å². The van der Waals surface area contributed by atoms with Gasteiger partial charge in [-0.25, -0.2) is 0 Å². The van der Waals surface area contributed by atoms with Crippen LogP contribution in [-0.4, -0.2) is 12.6 Å². The van der Waals surface area contributed by atoms with Gasteiger partial charge in [0.2, 0.25) is 11.8 Å². The summed E-state index contributed by atoms with van der Waals surface area (Å²) in [7, 11) is 0. The lowest BCUT2D eigenvalue weighted by Gasteiger charge is -2.49. The molecule has 8 rings (SSSR count). The summed E-state index contributed by atoms with van der Waals surface area (Å²) in [6.07, 6.45) is 1.48. The zero-order valence-corrected chi connectivity index (χ0v) is 27.6. The molecule has 0 atom stereocenters. The van der Waals surface area contributed by atoms with E-state index in [1.54, 1.807) is 0 Å². The molecule has 4 heteroatoms. The third-order valence-corrected chi connectivity index (χ3v) is 9.84. The summed E-state index contributed by atoms with van der Waals surface area (Å²) in [5, 5.41) is 3.40. The number of carbonyl (C=O) groups excluding carboxylic acids is 1. The van der Waals surface area contributed by atoms with Crippen LogP contribution in [0.4, 0.5) is 11.6 Å². The minimum absolute atomic E-state index is 0.0815. The predicted octanol–water partition coefficient (Wildman–Crippen LogP) is 8.87. The molecule has 0 saturated heterocycles. The summed E-state index contributed by atoms with van der Waals surface area (Å²) in [6.45, 7) is 13.4. The Labute approximate surface area is 272 Å². The molecule has 3 heterocycles. The zero-order chi connectivity index (χ0) is 32.0. The number of anilines is 2. The Hall–Kier alpha value is -4.57. The first-order chi connectivity index (χ1) is 22.0. The van der Waals surface area contributed by atoms with Crippen molar-refractivity contribution in [2.75, 3.05) is 4.90 Å². The Morgan fingerprint density at radius 1 is 0.696 bits per heavy atom. The van der Waals surface area contributed by atoms with Gasteiger partial charge < -0.3 is 4.42 Å². The lowest BCUT2D eigenvalue weighted by Crippen LogP contribution is -2.62. The van der Waals surface area contributed by atoms with Gasteiger partial charge in [0, 0.05) is 16.2 Å². The van der Waals surface area contributed by atoms with Gasteiger partial charge in [0.25, 0.3) is 6.71 Å². The molecular weight excluding hydrogens is 561 g/mol. The highest BCUT2D eigenvalue weighted by Crippen LogP contribution is 2.54. The minimum atomic E-state index is -0.716. The monoisotopic (exact) mass is 601 g/mol. The van der Waals surface area contributed by atoms with E-state index < -0.39 is 5.41 Å². The van der Waals surface area contributed by atoms with E-state index in [1.165, 1.54) is 22.0 Å². The van der Waals surface area contributed by atoms with Crippen LogP contribution in [0, 0.1) is 10.8 Å². The number of benzene rings is 5. The van der Waals surface area contributed by atoms with Gasteiger partial charge in [-0.05, 0) is 57.3 Å². The number of para-hydroxylation sites is 1. The molecule has 3 nitrogen and oxygen atoms in total.